The molecule has 1 aromatic heterocycles. The number of pyridine rings is 1. The molecule has 148 valence electrons. The molecule has 0 bridgehead atoms. The number of methoxy groups -OCH3 is 1. The molecule has 0 atom stereocenters. The van der Waals surface area contributed by atoms with E-state index in [1.165, 1.54) is 7.11 Å². The Balaban J connectivity index is 1.55. The average Bonchev–Trinajstić information content (AvgIpc) is 2.79. The molecule has 0 aliphatic carbocycles. The third kappa shape index (κ3) is 3.98. The van der Waals surface area contributed by atoms with E-state index in [2.05, 4.69) is 15.6 Å². The molecule has 0 aliphatic heterocycles. The van der Waals surface area contributed by atoms with Gasteiger partial charge in [0.05, 0.1) is 24.0 Å². The second-order valence-corrected chi connectivity index (χ2v) is 6.57. The smallest absolute Gasteiger partial charge is 0.255 e. The monoisotopic (exact) mass is 397 g/mol. The molecule has 6 nitrogen and oxygen atoms in total. The number of carbonyl (C=O) groups is 2. The van der Waals surface area contributed by atoms with Gasteiger partial charge in [0.2, 0.25) is 0 Å². The van der Waals surface area contributed by atoms with Crippen LogP contribution in [0.1, 0.15) is 20.7 Å². The lowest BCUT2D eigenvalue weighted by Gasteiger charge is -2.11. The van der Waals surface area contributed by atoms with Gasteiger partial charge in [-0.1, -0.05) is 36.4 Å². The first-order valence-electron chi connectivity index (χ1n) is 9.35. The maximum absolute atomic E-state index is 12.8. The van der Waals surface area contributed by atoms with Crippen molar-refractivity contribution in [2.75, 3.05) is 17.7 Å². The maximum atomic E-state index is 12.8. The van der Waals surface area contributed by atoms with E-state index in [1.807, 2.05) is 30.3 Å². The Hall–Kier alpha value is -4.19. The predicted octanol–water partition coefficient (Wildman–Crippen LogP) is 4.75. The van der Waals surface area contributed by atoms with Gasteiger partial charge in [0.15, 0.2) is 0 Å². The molecule has 0 unspecified atom stereocenters. The van der Waals surface area contributed by atoms with Gasteiger partial charge in [0, 0.05) is 22.7 Å². The van der Waals surface area contributed by atoms with Gasteiger partial charge >= 0.3 is 0 Å². The fourth-order valence-electron chi connectivity index (χ4n) is 3.14. The number of nitrogens with zero attached hydrogens (tertiary/aromatic N) is 1. The number of anilines is 2. The summed E-state index contributed by atoms with van der Waals surface area (Å²) in [6, 6.07) is 23.0. The van der Waals surface area contributed by atoms with E-state index in [1.54, 1.807) is 54.7 Å². The zero-order valence-corrected chi connectivity index (χ0v) is 16.3. The van der Waals surface area contributed by atoms with Crippen molar-refractivity contribution in [3.8, 4) is 5.75 Å². The summed E-state index contributed by atoms with van der Waals surface area (Å²) >= 11 is 0. The largest absolute Gasteiger partial charge is 0.495 e. The topological polar surface area (TPSA) is 80.3 Å². The Kier molecular flexibility index (Phi) is 5.39. The number of hydrogen-bond acceptors (Lipinski definition) is 4. The Labute approximate surface area is 173 Å². The lowest BCUT2D eigenvalue weighted by Crippen LogP contribution is -2.16. The SMILES string of the molecule is COc1ccccc1NC(=O)c1cccc(C(=O)Nc2cccc3cccnc23)c1. The Morgan fingerprint density at radius 2 is 1.40 bits per heavy atom. The van der Waals surface area contributed by atoms with E-state index >= 15 is 0 Å². The molecule has 4 aromatic rings. The van der Waals surface area contributed by atoms with Crippen LogP contribution in [0.4, 0.5) is 11.4 Å². The second kappa shape index (κ2) is 8.45. The molecule has 2 amide bonds. The molecule has 1 heterocycles. The molecule has 3 aromatic carbocycles. The van der Waals surface area contributed by atoms with Gasteiger partial charge in [-0.15, -0.1) is 0 Å². The number of nitrogens with one attached hydrogen (secondary N) is 2. The van der Waals surface area contributed by atoms with Gasteiger partial charge in [0.25, 0.3) is 11.8 Å². The summed E-state index contributed by atoms with van der Waals surface area (Å²) in [4.78, 5) is 29.8. The number of hydrogen-bond donors (Lipinski definition) is 2. The molecular formula is C24H19N3O3. The number of fused-ring (bicyclic) bond motifs is 1. The number of benzene rings is 3. The minimum atomic E-state index is -0.332. The van der Waals surface area contributed by atoms with Crippen LogP contribution in [0.15, 0.2) is 85.1 Å². The Morgan fingerprint density at radius 1 is 0.767 bits per heavy atom. The zero-order chi connectivity index (χ0) is 20.9. The van der Waals surface area contributed by atoms with E-state index in [0.29, 0.717) is 33.8 Å². The maximum Gasteiger partial charge on any atom is 0.255 e. The van der Waals surface area contributed by atoms with Gasteiger partial charge in [-0.3, -0.25) is 14.6 Å². The van der Waals surface area contributed by atoms with Crippen molar-refractivity contribution in [3.05, 3.63) is 96.2 Å². The summed E-state index contributed by atoms with van der Waals surface area (Å²) in [5.41, 5.74) is 2.61. The first-order valence-corrected chi connectivity index (χ1v) is 9.35. The minimum absolute atomic E-state index is 0.319. The van der Waals surface area contributed by atoms with Gasteiger partial charge in [-0.25, -0.2) is 0 Å². The van der Waals surface area contributed by atoms with Gasteiger partial charge in [0.1, 0.15) is 5.75 Å². The number of carbonyl (C=O) groups excluding carboxylic acids is 2. The number of amides is 2. The highest BCUT2D eigenvalue weighted by molar-refractivity contribution is 6.11. The average molecular weight is 397 g/mol. The highest BCUT2D eigenvalue weighted by atomic mass is 16.5. The van der Waals surface area contributed by atoms with Crippen molar-refractivity contribution in [2.45, 2.75) is 0 Å². The summed E-state index contributed by atoms with van der Waals surface area (Å²) in [6.07, 6.45) is 1.68. The normalized spacial score (nSPS) is 10.4. The standard InChI is InChI=1S/C24H19N3O3/c1-30-21-13-3-2-11-19(21)26-23(28)17-8-4-9-18(15-17)24(29)27-20-12-5-7-16-10-6-14-25-22(16)20/h2-15H,1H3,(H,26,28)(H,27,29). The molecule has 6 heteroatoms. The third-order valence-electron chi connectivity index (χ3n) is 4.62. The first-order chi connectivity index (χ1) is 14.7. The summed E-state index contributed by atoms with van der Waals surface area (Å²) in [7, 11) is 1.54. The van der Waals surface area contributed by atoms with E-state index in [4.69, 9.17) is 4.74 Å². The quantitative estimate of drug-likeness (QED) is 0.509. The number of rotatable bonds is 5. The minimum Gasteiger partial charge on any atom is -0.495 e. The molecule has 0 fully saturated rings. The summed E-state index contributed by atoms with van der Waals surface area (Å²) in [6.45, 7) is 0. The zero-order valence-electron chi connectivity index (χ0n) is 16.3. The molecular weight excluding hydrogens is 378 g/mol. The lowest BCUT2D eigenvalue weighted by atomic mass is 10.1. The van der Waals surface area contributed by atoms with Gasteiger partial charge < -0.3 is 15.4 Å². The molecule has 0 spiro atoms. The van der Waals surface area contributed by atoms with Crippen molar-refractivity contribution >= 4 is 34.1 Å². The Bertz CT molecular complexity index is 1230. The number of para-hydroxylation sites is 3. The fourth-order valence-corrected chi connectivity index (χ4v) is 3.14. The molecule has 0 aliphatic rings. The lowest BCUT2D eigenvalue weighted by molar-refractivity contribution is 0.102. The summed E-state index contributed by atoms with van der Waals surface area (Å²) in [5.74, 6) is -0.0933. The van der Waals surface area contributed by atoms with Crippen molar-refractivity contribution in [1.29, 1.82) is 0 Å². The van der Waals surface area contributed by atoms with Crippen molar-refractivity contribution < 1.29 is 14.3 Å². The van der Waals surface area contributed by atoms with E-state index in [9.17, 15) is 9.59 Å². The fraction of sp³-hybridized carbons (Fsp3) is 0.0417. The van der Waals surface area contributed by atoms with E-state index in [0.717, 1.165) is 5.39 Å². The van der Waals surface area contributed by atoms with Crippen LogP contribution in [0.5, 0.6) is 5.75 Å². The molecule has 2 N–H and O–H groups in total. The summed E-state index contributed by atoms with van der Waals surface area (Å²) < 4.78 is 5.26. The second-order valence-electron chi connectivity index (χ2n) is 6.57. The molecule has 0 saturated carbocycles. The molecule has 0 saturated heterocycles. The predicted molar refractivity (Wildman–Crippen MR) is 117 cm³/mol. The van der Waals surface area contributed by atoms with E-state index in [-0.39, 0.29) is 11.8 Å². The number of ether oxygens (including phenoxy) is 1. The summed E-state index contributed by atoms with van der Waals surface area (Å²) in [5, 5.41) is 6.63. The van der Waals surface area contributed by atoms with Gasteiger partial charge in [-0.05, 0) is 42.5 Å². The highest BCUT2D eigenvalue weighted by Crippen LogP contribution is 2.24. The molecule has 4 rings (SSSR count). The van der Waals surface area contributed by atoms with Crippen LogP contribution >= 0.6 is 0 Å². The number of aromatic nitrogens is 1. The van der Waals surface area contributed by atoms with Gasteiger partial charge in [-0.2, -0.15) is 0 Å². The van der Waals surface area contributed by atoms with Crippen LogP contribution in [-0.4, -0.2) is 23.9 Å². The van der Waals surface area contributed by atoms with Crippen LogP contribution in [0.25, 0.3) is 10.9 Å². The third-order valence-corrected chi connectivity index (χ3v) is 4.62. The van der Waals surface area contributed by atoms with Crippen LogP contribution < -0.4 is 15.4 Å². The van der Waals surface area contributed by atoms with Crippen molar-refractivity contribution in [1.82, 2.24) is 4.98 Å². The van der Waals surface area contributed by atoms with Crippen LogP contribution in [-0.2, 0) is 0 Å². The van der Waals surface area contributed by atoms with Crippen LogP contribution in [0.3, 0.4) is 0 Å². The first kappa shape index (κ1) is 19.1. The van der Waals surface area contributed by atoms with Crippen molar-refractivity contribution in [2.24, 2.45) is 0 Å². The highest BCUT2D eigenvalue weighted by Gasteiger charge is 2.13. The van der Waals surface area contributed by atoms with Crippen molar-refractivity contribution in [3.63, 3.8) is 0 Å². The Morgan fingerprint density at radius 3 is 2.17 bits per heavy atom. The van der Waals surface area contributed by atoms with Crippen LogP contribution in [0.2, 0.25) is 0 Å². The molecule has 0 radical (unpaired) electrons. The van der Waals surface area contributed by atoms with Crippen LogP contribution in [0, 0.1) is 0 Å². The molecule has 30 heavy (non-hydrogen) atoms. The van der Waals surface area contributed by atoms with E-state index < -0.39 is 0 Å².